The number of benzene rings is 1. The number of aromatic hydroxyl groups is 1. The maximum Gasteiger partial charge on any atom is 0.339 e. The van der Waals surface area contributed by atoms with Crippen LogP contribution in [0.15, 0.2) is 12.1 Å². The van der Waals surface area contributed by atoms with Crippen molar-refractivity contribution in [1.82, 2.24) is 0 Å². The quantitative estimate of drug-likeness (QED) is 0.792. The Labute approximate surface area is 107 Å². The van der Waals surface area contributed by atoms with E-state index in [0.29, 0.717) is 16.7 Å². The van der Waals surface area contributed by atoms with Crippen LogP contribution >= 0.6 is 0 Å². The molecular formula is C14H20O4. The minimum Gasteiger partial charge on any atom is -0.507 e. The van der Waals surface area contributed by atoms with Gasteiger partial charge in [-0.3, -0.25) is 0 Å². The number of carbonyl (C=O) groups excluding carboxylic acids is 1. The van der Waals surface area contributed by atoms with E-state index >= 15 is 0 Å². The summed E-state index contributed by atoms with van der Waals surface area (Å²) >= 11 is 0. The molecule has 0 saturated heterocycles. The molecule has 1 atom stereocenters. The molecular weight excluding hydrogens is 232 g/mol. The second kappa shape index (κ2) is 4.98. The SMILES string of the molecule is COC(=O)C(O)c1cc(C)c(O)c(C(C)(C)C)c1. The topological polar surface area (TPSA) is 66.8 Å². The lowest BCUT2D eigenvalue weighted by atomic mass is 9.83. The molecule has 0 aliphatic carbocycles. The molecule has 0 spiro atoms. The number of hydrogen-bond acceptors (Lipinski definition) is 4. The zero-order valence-corrected chi connectivity index (χ0v) is 11.4. The molecule has 0 amide bonds. The number of phenols is 1. The number of rotatable bonds is 2. The van der Waals surface area contributed by atoms with E-state index in [2.05, 4.69) is 4.74 Å². The molecule has 1 unspecified atom stereocenters. The van der Waals surface area contributed by atoms with E-state index in [1.807, 2.05) is 20.8 Å². The number of phenolic OH excluding ortho intramolecular Hbond substituents is 1. The third-order valence-corrected chi connectivity index (χ3v) is 2.87. The molecule has 0 aliphatic heterocycles. The summed E-state index contributed by atoms with van der Waals surface area (Å²) in [6, 6.07) is 3.23. The fraction of sp³-hybridized carbons (Fsp3) is 0.500. The zero-order chi connectivity index (χ0) is 14.1. The highest BCUT2D eigenvalue weighted by molar-refractivity contribution is 5.76. The third-order valence-electron chi connectivity index (χ3n) is 2.87. The summed E-state index contributed by atoms with van der Waals surface area (Å²) in [4.78, 5) is 11.3. The average Bonchev–Trinajstić information content (AvgIpc) is 2.28. The van der Waals surface area contributed by atoms with Crippen LogP contribution < -0.4 is 0 Å². The molecule has 1 rings (SSSR count). The van der Waals surface area contributed by atoms with Crippen molar-refractivity contribution in [1.29, 1.82) is 0 Å². The van der Waals surface area contributed by atoms with Crippen LogP contribution in [-0.2, 0) is 14.9 Å². The number of aryl methyl sites for hydroxylation is 1. The molecule has 0 radical (unpaired) electrons. The smallest absolute Gasteiger partial charge is 0.339 e. The van der Waals surface area contributed by atoms with Gasteiger partial charge in [-0.05, 0) is 41.2 Å². The molecule has 4 heteroatoms. The van der Waals surface area contributed by atoms with Gasteiger partial charge in [-0.2, -0.15) is 0 Å². The molecule has 0 bridgehead atoms. The first-order valence-electron chi connectivity index (χ1n) is 5.78. The molecule has 0 aliphatic rings. The summed E-state index contributed by atoms with van der Waals surface area (Å²) in [6.45, 7) is 7.60. The fourth-order valence-corrected chi connectivity index (χ4v) is 1.78. The maximum absolute atomic E-state index is 11.3. The molecule has 18 heavy (non-hydrogen) atoms. The van der Waals surface area contributed by atoms with Crippen LogP contribution in [0.2, 0.25) is 0 Å². The lowest BCUT2D eigenvalue weighted by Crippen LogP contribution is -2.17. The van der Waals surface area contributed by atoms with Crippen LogP contribution in [0, 0.1) is 6.92 Å². The Bertz CT molecular complexity index is 458. The number of carbonyl (C=O) groups is 1. The second-order valence-electron chi connectivity index (χ2n) is 5.41. The monoisotopic (exact) mass is 252 g/mol. The van der Waals surface area contributed by atoms with Crippen molar-refractivity contribution < 1.29 is 19.7 Å². The van der Waals surface area contributed by atoms with E-state index < -0.39 is 12.1 Å². The van der Waals surface area contributed by atoms with Gasteiger partial charge >= 0.3 is 5.97 Å². The third kappa shape index (κ3) is 2.82. The average molecular weight is 252 g/mol. The molecule has 1 aromatic rings. The van der Waals surface area contributed by atoms with Crippen molar-refractivity contribution in [2.24, 2.45) is 0 Å². The minimum absolute atomic E-state index is 0.198. The molecule has 4 nitrogen and oxygen atoms in total. The molecule has 0 aromatic heterocycles. The van der Waals surface area contributed by atoms with Gasteiger partial charge in [0.2, 0.25) is 0 Å². The van der Waals surface area contributed by atoms with Crippen LogP contribution in [0.25, 0.3) is 0 Å². The Hall–Kier alpha value is -1.55. The lowest BCUT2D eigenvalue weighted by Gasteiger charge is -2.23. The molecule has 0 heterocycles. The number of hydrogen-bond donors (Lipinski definition) is 2. The maximum atomic E-state index is 11.3. The number of ether oxygens (including phenoxy) is 1. The first-order valence-corrected chi connectivity index (χ1v) is 5.78. The van der Waals surface area contributed by atoms with Crippen LogP contribution in [-0.4, -0.2) is 23.3 Å². The molecule has 0 saturated carbocycles. The van der Waals surface area contributed by atoms with E-state index in [-0.39, 0.29) is 11.2 Å². The van der Waals surface area contributed by atoms with E-state index in [9.17, 15) is 15.0 Å². The number of aliphatic hydroxyl groups is 1. The first-order chi connectivity index (χ1) is 8.18. The van der Waals surface area contributed by atoms with Gasteiger partial charge in [0, 0.05) is 0 Å². The van der Waals surface area contributed by atoms with Gasteiger partial charge in [-0.25, -0.2) is 4.79 Å². The van der Waals surface area contributed by atoms with Crippen molar-refractivity contribution in [2.45, 2.75) is 39.2 Å². The van der Waals surface area contributed by atoms with Crippen LogP contribution in [0.3, 0.4) is 0 Å². The Morgan fingerprint density at radius 3 is 2.33 bits per heavy atom. The highest BCUT2D eigenvalue weighted by Gasteiger charge is 2.24. The summed E-state index contributed by atoms with van der Waals surface area (Å²) in [5, 5.41) is 19.9. The summed E-state index contributed by atoms with van der Waals surface area (Å²) in [5.74, 6) is -0.511. The van der Waals surface area contributed by atoms with Gasteiger partial charge in [-0.15, -0.1) is 0 Å². The Kier molecular flexibility index (Phi) is 4.02. The lowest BCUT2D eigenvalue weighted by molar-refractivity contribution is -0.150. The normalized spacial score (nSPS) is 13.2. The minimum atomic E-state index is -1.32. The predicted molar refractivity (Wildman–Crippen MR) is 68.5 cm³/mol. The fourth-order valence-electron chi connectivity index (χ4n) is 1.78. The van der Waals surface area contributed by atoms with E-state index in [4.69, 9.17) is 0 Å². The van der Waals surface area contributed by atoms with E-state index in [0.717, 1.165) is 0 Å². The Morgan fingerprint density at radius 2 is 1.89 bits per heavy atom. The van der Waals surface area contributed by atoms with Crippen LogP contribution in [0.4, 0.5) is 0 Å². The summed E-state index contributed by atoms with van der Waals surface area (Å²) in [7, 11) is 1.23. The molecule has 0 fully saturated rings. The number of esters is 1. The predicted octanol–water partition coefficient (Wildman–Crippen LogP) is 2.20. The van der Waals surface area contributed by atoms with E-state index in [1.165, 1.54) is 7.11 Å². The van der Waals surface area contributed by atoms with Crippen molar-refractivity contribution >= 4 is 5.97 Å². The summed E-state index contributed by atoms with van der Waals surface area (Å²) < 4.78 is 4.51. The van der Waals surface area contributed by atoms with Gasteiger partial charge in [0.1, 0.15) is 5.75 Å². The molecule has 2 N–H and O–H groups in total. The van der Waals surface area contributed by atoms with Crippen LogP contribution in [0.1, 0.15) is 43.6 Å². The molecule has 1 aromatic carbocycles. The van der Waals surface area contributed by atoms with Crippen molar-refractivity contribution in [3.63, 3.8) is 0 Å². The van der Waals surface area contributed by atoms with Gasteiger partial charge in [0.15, 0.2) is 6.10 Å². The zero-order valence-electron chi connectivity index (χ0n) is 11.4. The molecule has 100 valence electrons. The van der Waals surface area contributed by atoms with Gasteiger partial charge < -0.3 is 14.9 Å². The second-order valence-corrected chi connectivity index (χ2v) is 5.41. The largest absolute Gasteiger partial charge is 0.507 e. The highest BCUT2D eigenvalue weighted by Crippen LogP contribution is 2.35. The van der Waals surface area contributed by atoms with Crippen LogP contribution in [0.5, 0.6) is 5.75 Å². The van der Waals surface area contributed by atoms with Crippen molar-refractivity contribution in [2.75, 3.05) is 7.11 Å². The highest BCUT2D eigenvalue weighted by atomic mass is 16.5. The number of methoxy groups -OCH3 is 1. The van der Waals surface area contributed by atoms with Gasteiger partial charge in [-0.1, -0.05) is 20.8 Å². The van der Waals surface area contributed by atoms with Crippen molar-refractivity contribution in [3.8, 4) is 5.75 Å². The Morgan fingerprint density at radius 1 is 1.33 bits per heavy atom. The summed E-state index contributed by atoms with van der Waals surface area (Å²) in [6.07, 6.45) is -1.32. The standard InChI is InChI=1S/C14H20O4/c1-8-6-9(12(16)13(17)18-5)7-10(11(8)15)14(2,3)4/h6-7,12,15-16H,1-5H3. The number of aliphatic hydroxyl groups excluding tert-OH is 1. The van der Waals surface area contributed by atoms with Crippen molar-refractivity contribution in [3.05, 3.63) is 28.8 Å². The van der Waals surface area contributed by atoms with Gasteiger partial charge in [0.05, 0.1) is 7.11 Å². The Balaban J connectivity index is 3.33. The van der Waals surface area contributed by atoms with E-state index in [1.54, 1.807) is 19.1 Å². The first kappa shape index (κ1) is 14.5. The summed E-state index contributed by atoms with van der Waals surface area (Å²) in [5.41, 5.74) is 1.48. The van der Waals surface area contributed by atoms with Gasteiger partial charge in [0.25, 0.3) is 0 Å².